The number of ether oxygens (including phenoxy) is 1. The summed E-state index contributed by atoms with van der Waals surface area (Å²) >= 11 is 1.52. The molecular weight excluding hydrogens is 314 g/mol. The number of carbonyl (C=O) groups is 2. The minimum Gasteiger partial charge on any atom is -0.461 e. The summed E-state index contributed by atoms with van der Waals surface area (Å²) in [4.78, 5) is 28.7. The molecule has 0 aliphatic carbocycles. The van der Waals surface area contributed by atoms with Crippen LogP contribution in [0, 0.1) is 0 Å². The monoisotopic (exact) mass is 333 g/mol. The van der Waals surface area contributed by atoms with Crippen LogP contribution in [-0.2, 0) is 11.2 Å². The third-order valence-corrected chi connectivity index (χ3v) is 5.14. The number of amides is 1. The number of thiophene rings is 1. The molecule has 1 aliphatic rings. The maximum atomic E-state index is 12.8. The fourth-order valence-electron chi connectivity index (χ4n) is 2.67. The third kappa shape index (κ3) is 3.54. The summed E-state index contributed by atoms with van der Waals surface area (Å²) in [5, 5.41) is 0. The first-order valence-electron chi connectivity index (χ1n) is 7.73. The Balaban J connectivity index is 1.73. The molecule has 0 spiro atoms. The number of carbonyl (C=O) groups excluding carboxylic acids is 2. The van der Waals surface area contributed by atoms with E-state index in [1.54, 1.807) is 17.0 Å². The van der Waals surface area contributed by atoms with Gasteiger partial charge in [0.15, 0.2) is 11.5 Å². The van der Waals surface area contributed by atoms with Crippen LogP contribution in [-0.4, -0.2) is 42.4 Å². The average molecular weight is 333 g/mol. The van der Waals surface area contributed by atoms with Gasteiger partial charge in [0.2, 0.25) is 0 Å². The lowest BCUT2D eigenvalue weighted by Crippen LogP contribution is -2.49. The van der Waals surface area contributed by atoms with Crippen molar-refractivity contribution >= 4 is 23.0 Å². The van der Waals surface area contributed by atoms with E-state index in [0.29, 0.717) is 25.5 Å². The standard InChI is InChI=1S/C17H19NO4S/c1-2-13-5-6-16(23-13)17(20)18-7-9-21-11-12(18)10-14(19)15-4-3-8-22-15/h3-6,8,12H,2,7,9-11H2,1H3/t12-/m1/s1. The molecule has 0 N–H and O–H groups in total. The van der Waals surface area contributed by atoms with Crippen molar-refractivity contribution in [2.75, 3.05) is 19.8 Å². The fourth-order valence-corrected chi connectivity index (χ4v) is 3.57. The van der Waals surface area contributed by atoms with Crippen molar-refractivity contribution in [1.82, 2.24) is 4.90 Å². The lowest BCUT2D eigenvalue weighted by atomic mass is 10.1. The van der Waals surface area contributed by atoms with Crippen LogP contribution in [0.3, 0.4) is 0 Å². The molecule has 1 aliphatic heterocycles. The molecule has 1 saturated heterocycles. The molecule has 2 aromatic heterocycles. The van der Waals surface area contributed by atoms with E-state index in [2.05, 4.69) is 6.92 Å². The average Bonchev–Trinajstić information content (AvgIpc) is 3.26. The van der Waals surface area contributed by atoms with Crippen molar-refractivity contribution in [3.63, 3.8) is 0 Å². The number of furan rings is 1. The number of Topliss-reactive ketones (excluding diaryl/α,β-unsaturated/α-hetero) is 1. The highest BCUT2D eigenvalue weighted by Crippen LogP contribution is 2.22. The normalized spacial score (nSPS) is 18.1. The topological polar surface area (TPSA) is 59.8 Å². The minimum absolute atomic E-state index is 0.0183. The van der Waals surface area contributed by atoms with Crippen molar-refractivity contribution in [1.29, 1.82) is 0 Å². The largest absolute Gasteiger partial charge is 0.461 e. The first kappa shape index (κ1) is 16.0. The first-order valence-corrected chi connectivity index (χ1v) is 8.54. The van der Waals surface area contributed by atoms with Gasteiger partial charge in [-0.25, -0.2) is 0 Å². The van der Waals surface area contributed by atoms with Gasteiger partial charge in [-0.3, -0.25) is 9.59 Å². The van der Waals surface area contributed by atoms with E-state index in [1.807, 2.05) is 12.1 Å². The number of aryl methyl sites for hydroxylation is 1. The van der Waals surface area contributed by atoms with E-state index < -0.39 is 0 Å². The second-order valence-electron chi connectivity index (χ2n) is 5.45. The van der Waals surface area contributed by atoms with Crippen molar-refractivity contribution in [3.8, 4) is 0 Å². The van der Waals surface area contributed by atoms with Crippen LogP contribution in [0.2, 0.25) is 0 Å². The second-order valence-corrected chi connectivity index (χ2v) is 6.62. The summed E-state index contributed by atoms with van der Waals surface area (Å²) in [6.45, 7) is 3.46. The summed E-state index contributed by atoms with van der Waals surface area (Å²) in [5.74, 6) is 0.200. The molecule has 3 rings (SSSR count). The Morgan fingerprint density at radius 2 is 2.22 bits per heavy atom. The Morgan fingerprint density at radius 1 is 1.35 bits per heavy atom. The van der Waals surface area contributed by atoms with Gasteiger partial charge in [0, 0.05) is 17.8 Å². The highest BCUT2D eigenvalue weighted by atomic mass is 32.1. The van der Waals surface area contributed by atoms with E-state index in [0.717, 1.165) is 11.3 Å². The van der Waals surface area contributed by atoms with Gasteiger partial charge in [0.1, 0.15) is 0 Å². The smallest absolute Gasteiger partial charge is 0.264 e. The Morgan fingerprint density at radius 3 is 2.91 bits per heavy atom. The van der Waals surface area contributed by atoms with Crippen molar-refractivity contribution in [2.24, 2.45) is 0 Å². The summed E-state index contributed by atoms with van der Waals surface area (Å²) in [6, 6.07) is 6.94. The van der Waals surface area contributed by atoms with E-state index in [1.165, 1.54) is 22.5 Å². The number of hydrogen-bond donors (Lipinski definition) is 0. The molecule has 0 radical (unpaired) electrons. The number of hydrogen-bond acceptors (Lipinski definition) is 5. The van der Waals surface area contributed by atoms with Crippen LogP contribution in [0.4, 0.5) is 0 Å². The molecule has 0 bridgehead atoms. The van der Waals surface area contributed by atoms with Gasteiger partial charge in [-0.05, 0) is 30.7 Å². The van der Waals surface area contributed by atoms with Gasteiger partial charge in [-0.2, -0.15) is 0 Å². The first-order chi connectivity index (χ1) is 11.2. The summed E-state index contributed by atoms with van der Waals surface area (Å²) in [6.07, 6.45) is 2.61. The zero-order valence-corrected chi connectivity index (χ0v) is 13.8. The second kappa shape index (κ2) is 7.10. The molecule has 122 valence electrons. The molecule has 23 heavy (non-hydrogen) atoms. The molecule has 0 unspecified atom stereocenters. The van der Waals surface area contributed by atoms with Crippen LogP contribution in [0.1, 0.15) is 38.4 Å². The molecule has 1 amide bonds. The minimum atomic E-state index is -0.249. The predicted molar refractivity (Wildman–Crippen MR) is 87.0 cm³/mol. The lowest BCUT2D eigenvalue weighted by Gasteiger charge is -2.35. The quantitative estimate of drug-likeness (QED) is 0.789. The number of rotatable bonds is 5. The number of morpholine rings is 1. The highest BCUT2D eigenvalue weighted by molar-refractivity contribution is 7.14. The van der Waals surface area contributed by atoms with Crippen LogP contribution in [0.15, 0.2) is 34.9 Å². The van der Waals surface area contributed by atoms with E-state index in [-0.39, 0.29) is 24.2 Å². The molecule has 5 nitrogen and oxygen atoms in total. The maximum absolute atomic E-state index is 12.8. The molecule has 3 heterocycles. The van der Waals surface area contributed by atoms with Gasteiger partial charge in [0.05, 0.1) is 30.4 Å². The van der Waals surface area contributed by atoms with Gasteiger partial charge in [0.25, 0.3) is 5.91 Å². The fraction of sp³-hybridized carbons (Fsp3) is 0.412. The van der Waals surface area contributed by atoms with Gasteiger partial charge < -0.3 is 14.1 Å². The number of ketones is 1. The Kier molecular flexibility index (Phi) is 4.93. The Labute approximate surface area is 138 Å². The maximum Gasteiger partial charge on any atom is 0.264 e. The van der Waals surface area contributed by atoms with Crippen molar-refractivity contribution in [2.45, 2.75) is 25.8 Å². The molecule has 1 atom stereocenters. The SMILES string of the molecule is CCc1ccc(C(=O)N2CCOC[C@H]2CC(=O)c2ccco2)s1. The molecule has 1 fully saturated rings. The third-order valence-electron chi connectivity index (χ3n) is 3.93. The van der Waals surface area contributed by atoms with E-state index >= 15 is 0 Å². The van der Waals surface area contributed by atoms with Crippen molar-refractivity contribution in [3.05, 3.63) is 46.0 Å². The predicted octanol–water partition coefficient (Wildman–Crippen LogP) is 3.02. The zero-order chi connectivity index (χ0) is 16.2. The van der Waals surface area contributed by atoms with Gasteiger partial charge in [-0.1, -0.05) is 6.92 Å². The van der Waals surface area contributed by atoms with Gasteiger partial charge in [-0.15, -0.1) is 11.3 Å². The molecule has 0 saturated carbocycles. The highest BCUT2D eigenvalue weighted by Gasteiger charge is 2.31. The molecule has 2 aromatic rings. The molecular formula is C17H19NO4S. The van der Waals surface area contributed by atoms with Crippen molar-refractivity contribution < 1.29 is 18.7 Å². The van der Waals surface area contributed by atoms with Gasteiger partial charge >= 0.3 is 0 Å². The van der Waals surface area contributed by atoms with Crippen LogP contribution in [0.5, 0.6) is 0 Å². The lowest BCUT2D eigenvalue weighted by molar-refractivity contribution is -0.00277. The van der Waals surface area contributed by atoms with Crippen LogP contribution in [0.25, 0.3) is 0 Å². The summed E-state index contributed by atoms with van der Waals surface area (Å²) in [7, 11) is 0. The summed E-state index contributed by atoms with van der Waals surface area (Å²) < 4.78 is 10.6. The van der Waals surface area contributed by atoms with Crippen LogP contribution >= 0.6 is 11.3 Å². The van der Waals surface area contributed by atoms with E-state index in [4.69, 9.17) is 9.15 Å². The Hall–Kier alpha value is -1.92. The van der Waals surface area contributed by atoms with Crippen LogP contribution < -0.4 is 0 Å². The molecule has 0 aromatic carbocycles. The molecule has 6 heteroatoms. The Bertz CT molecular complexity index is 677. The number of nitrogens with zero attached hydrogens (tertiary/aromatic N) is 1. The van der Waals surface area contributed by atoms with E-state index in [9.17, 15) is 9.59 Å². The summed E-state index contributed by atoms with van der Waals surface area (Å²) in [5.41, 5.74) is 0. The zero-order valence-electron chi connectivity index (χ0n) is 13.0.